The minimum Gasteiger partial charge on any atom is -0.444 e. The molecule has 21 heavy (non-hydrogen) atoms. The van der Waals surface area contributed by atoms with Gasteiger partial charge in [0.15, 0.2) is 0 Å². The van der Waals surface area contributed by atoms with E-state index in [0.717, 1.165) is 4.88 Å². The van der Waals surface area contributed by atoms with Gasteiger partial charge < -0.3 is 15.1 Å². The second-order valence-corrected chi connectivity index (χ2v) is 6.86. The Morgan fingerprint density at radius 2 is 2.29 bits per heavy atom. The lowest BCUT2D eigenvalue weighted by molar-refractivity contribution is -0.130. The quantitative estimate of drug-likeness (QED) is 0.889. The van der Waals surface area contributed by atoms with Crippen molar-refractivity contribution < 1.29 is 9.21 Å². The molecule has 0 unspecified atom stereocenters. The summed E-state index contributed by atoms with van der Waals surface area (Å²) in [4.78, 5) is 19.2. The fourth-order valence-electron chi connectivity index (χ4n) is 1.99. The minimum absolute atomic E-state index is 0.0163. The van der Waals surface area contributed by atoms with E-state index in [0.29, 0.717) is 24.7 Å². The van der Waals surface area contributed by atoms with Crippen molar-refractivity contribution in [1.29, 1.82) is 0 Å². The molecule has 1 amide bonds. The molecule has 2 aromatic heterocycles. The van der Waals surface area contributed by atoms with E-state index in [4.69, 9.17) is 10.2 Å². The summed E-state index contributed by atoms with van der Waals surface area (Å²) in [6, 6.07) is 3.88. The molecule has 0 bridgehead atoms. The lowest BCUT2D eigenvalue weighted by Gasteiger charge is -2.28. The van der Waals surface area contributed by atoms with Crippen LogP contribution in [0.2, 0.25) is 0 Å². The van der Waals surface area contributed by atoms with Gasteiger partial charge >= 0.3 is 0 Å². The summed E-state index contributed by atoms with van der Waals surface area (Å²) in [5, 5.41) is 1.97. The first-order valence-electron chi connectivity index (χ1n) is 6.83. The molecule has 0 aliphatic carbocycles. The lowest BCUT2D eigenvalue weighted by Crippen LogP contribution is -2.40. The van der Waals surface area contributed by atoms with Gasteiger partial charge in [-0.3, -0.25) is 4.79 Å². The summed E-state index contributed by atoms with van der Waals surface area (Å²) in [6.07, 6.45) is 1.79. The van der Waals surface area contributed by atoms with Crippen molar-refractivity contribution in [1.82, 2.24) is 9.88 Å². The molecule has 5 nitrogen and oxygen atoms in total. The molecule has 6 heteroatoms. The predicted octanol–water partition coefficient (Wildman–Crippen LogP) is 2.39. The van der Waals surface area contributed by atoms with Gasteiger partial charge in [0.25, 0.3) is 0 Å². The van der Waals surface area contributed by atoms with E-state index in [1.165, 1.54) is 0 Å². The summed E-state index contributed by atoms with van der Waals surface area (Å²) in [7, 11) is 1.79. The number of nitrogens with two attached hydrogens (primary N) is 1. The summed E-state index contributed by atoms with van der Waals surface area (Å²) in [5.41, 5.74) is 6.27. The number of carbonyl (C=O) groups is 1. The highest BCUT2D eigenvalue weighted by molar-refractivity contribution is 7.13. The number of rotatable bonds is 6. The van der Waals surface area contributed by atoms with Crippen LogP contribution in [0.1, 0.15) is 19.5 Å². The Morgan fingerprint density at radius 3 is 2.90 bits per heavy atom. The summed E-state index contributed by atoms with van der Waals surface area (Å²) in [5.74, 6) is 0.584. The molecule has 0 spiro atoms. The van der Waals surface area contributed by atoms with E-state index in [2.05, 4.69) is 4.98 Å². The monoisotopic (exact) mass is 307 g/mol. The highest BCUT2D eigenvalue weighted by Crippen LogP contribution is 2.24. The number of thiophene rings is 1. The maximum absolute atomic E-state index is 12.2. The van der Waals surface area contributed by atoms with Crippen LogP contribution in [-0.4, -0.2) is 35.9 Å². The third-order valence-corrected chi connectivity index (χ3v) is 4.12. The molecule has 2 rings (SSSR count). The van der Waals surface area contributed by atoms with Crippen molar-refractivity contribution >= 4 is 17.2 Å². The zero-order chi connectivity index (χ0) is 15.5. The fourth-order valence-corrected chi connectivity index (χ4v) is 2.64. The van der Waals surface area contributed by atoms with Gasteiger partial charge in [0, 0.05) is 13.6 Å². The van der Waals surface area contributed by atoms with Crippen LogP contribution in [0.5, 0.6) is 0 Å². The zero-order valence-electron chi connectivity index (χ0n) is 12.6. The van der Waals surface area contributed by atoms with E-state index in [1.54, 1.807) is 29.5 Å². The van der Waals surface area contributed by atoms with Crippen LogP contribution in [0.15, 0.2) is 28.2 Å². The molecule has 0 fully saturated rings. The molecule has 0 saturated carbocycles. The van der Waals surface area contributed by atoms with Crippen molar-refractivity contribution in [2.45, 2.75) is 20.3 Å². The molecular weight excluding hydrogens is 286 g/mol. The van der Waals surface area contributed by atoms with Crippen LogP contribution in [0, 0.1) is 5.41 Å². The van der Waals surface area contributed by atoms with Gasteiger partial charge in [0.1, 0.15) is 6.26 Å². The molecular formula is C15H21N3O2S. The Morgan fingerprint density at radius 1 is 1.52 bits per heavy atom. The van der Waals surface area contributed by atoms with Crippen molar-refractivity contribution in [3.63, 3.8) is 0 Å². The number of nitrogens with zero attached hydrogens (tertiary/aromatic N) is 2. The van der Waals surface area contributed by atoms with Crippen molar-refractivity contribution in [3.05, 3.63) is 29.5 Å². The van der Waals surface area contributed by atoms with Crippen LogP contribution in [0.3, 0.4) is 0 Å². The van der Waals surface area contributed by atoms with E-state index >= 15 is 0 Å². The maximum atomic E-state index is 12.2. The van der Waals surface area contributed by atoms with E-state index in [1.807, 2.05) is 31.4 Å². The number of likely N-dealkylation sites (N-methyl/N-ethyl adjacent to an activating group) is 1. The SMILES string of the molecule is CN(CC(C)(C)CN)C(=O)Cc1coc(-c2cccs2)n1. The van der Waals surface area contributed by atoms with E-state index in [9.17, 15) is 4.79 Å². The molecule has 2 aromatic rings. The number of hydrogen-bond donors (Lipinski definition) is 1. The van der Waals surface area contributed by atoms with Gasteiger partial charge in [-0.1, -0.05) is 19.9 Å². The summed E-state index contributed by atoms with van der Waals surface area (Å²) >= 11 is 1.56. The van der Waals surface area contributed by atoms with Crippen LogP contribution in [0.25, 0.3) is 10.8 Å². The number of amides is 1. The third-order valence-electron chi connectivity index (χ3n) is 3.26. The first-order chi connectivity index (χ1) is 9.91. The Bertz CT molecular complexity index is 590. The normalized spacial score (nSPS) is 11.6. The molecule has 0 aliphatic rings. The summed E-state index contributed by atoms with van der Waals surface area (Å²) < 4.78 is 5.42. The van der Waals surface area contributed by atoms with Crippen LogP contribution >= 0.6 is 11.3 Å². The van der Waals surface area contributed by atoms with Gasteiger partial charge in [-0.15, -0.1) is 11.3 Å². The standard InChI is InChI=1S/C15H21N3O2S/c1-15(2,9-16)10-18(3)13(19)7-11-8-20-14(17-11)12-5-4-6-21-12/h4-6,8H,7,9-10,16H2,1-3H3. The molecule has 0 aromatic carbocycles. The molecule has 0 radical (unpaired) electrons. The molecule has 0 aliphatic heterocycles. The second kappa shape index (κ2) is 6.41. The minimum atomic E-state index is -0.0869. The summed E-state index contributed by atoms with van der Waals surface area (Å²) in [6.45, 7) is 5.25. The lowest BCUT2D eigenvalue weighted by atomic mass is 9.93. The second-order valence-electron chi connectivity index (χ2n) is 5.92. The van der Waals surface area contributed by atoms with Gasteiger partial charge in [-0.25, -0.2) is 4.98 Å². The Labute approximate surface area is 128 Å². The van der Waals surface area contributed by atoms with Gasteiger partial charge in [-0.2, -0.15) is 0 Å². The first-order valence-corrected chi connectivity index (χ1v) is 7.71. The molecule has 0 saturated heterocycles. The number of oxazole rings is 1. The smallest absolute Gasteiger partial charge is 0.236 e. The highest BCUT2D eigenvalue weighted by Gasteiger charge is 2.22. The molecule has 2 heterocycles. The van der Waals surface area contributed by atoms with Crippen molar-refractivity contribution in [3.8, 4) is 10.8 Å². The van der Waals surface area contributed by atoms with Gasteiger partial charge in [-0.05, 0) is 23.4 Å². The van der Waals surface area contributed by atoms with Crippen molar-refractivity contribution in [2.75, 3.05) is 20.1 Å². The first kappa shape index (κ1) is 15.7. The van der Waals surface area contributed by atoms with Crippen LogP contribution < -0.4 is 5.73 Å². The third kappa shape index (κ3) is 4.15. The average molecular weight is 307 g/mol. The Kier molecular flexibility index (Phi) is 4.80. The zero-order valence-corrected chi connectivity index (χ0v) is 13.4. The maximum Gasteiger partial charge on any atom is 0.236 e. The van der Waals surface area contributed by atoms with Crippen LogP contribution in [-0.2, 0) is 11.2 Å². The molecule has 114 valence electrons. The Balaban J connectivity index is 1.97. The molecule has 2 N–H and O–H groups in total. The van der Waals surface area contributed by atoms with E-state index < -0.39 is 0 Å². The van der Waals surface area contributed by atoms with Gasteiger partial charge in [0.2, 0.25) is 11.8 Å². The fraction of sp³-hybridized carbons (Fsp3) is 0.467. The number of carbonyl (C=O) groups excluding carboxylic acids is 1. The number of hydrogen-bond acceptors (Lipinski definition) is 5. The largest absolute Gasteiger partial charge is 0.444 e. The Hall–Kier alpha value is -1.66. The average Bonchev–Trinajstić information content (AvgIpc) is 3.08. The predicted molar refractivity (Wildman–Crippen MR) is 84.0 cm³/mol. The molecule has 0 atom stereocenters. The highest BCUT2D eigenvalue weighted by atomic mass is 32.1. The number of aromatic nitrogens is 1. The van der Waals surface area contributed by atoms with E-state index in [-0.39, 0.29) is 17.7 Å². The van der Waals surface area contributed by atoms with Crippen molar-refractivity contribution in [2.24, 2.45) is 11.1 Å². The van der Waals surface area contributed by atoms with Gasteiger partial charge in [0.05, 0.1) is 17.0 Å². The topological polar surface area (TPSA) is 72.4 Å². The van der Waals surface area contributed by atoms with Crippen LogP contribution in [0.4, 0.5) is 0 Å².